The SMILES string of the molecule is CC(C)Oc1ccc(NC(=O)NCC2CCOCC2)c(Cl)c1. The molecule has 2 amide bonds. The third kappa shape index (κ3) is 5.39. The fraction of sp³-hybridized carbons (Fsp3) is 0.562. The number of carbonyl (C=O) groups excluding carboxylic acids is 1. The van der Waals surface area contributed by atoms with Crippen molar-refractivity contribution in [2.75, 3.05) is 25.1 Å². The van der Waals surface area contributed by atoms with E-state index in [1.807, 2.05) is 13.8 Å². The Hall–Kier alpha value is -1.46. The monoisotopic (exact) mass is 326 g/mol. The molecule has 2 rings (SSSR count). The van der Waals surface area contributed by atoms with Gasteiger partial charge >= 0.3 is 6.03 Å². The van der Waals surface area contributed by atoms with E-state index in [4.69, 9.17) is 21.1 Å². The minimum atomic E-state index is -0.245. The largest absolute Gasteiger partial charge is 0.491 e. The number of urea groups is 1. The number of hydrogen-bond acceptors (Lipinski definition) is 3. The molecule has 22 heavy (non-hydrogen) atoms. The van der Waals surface area contributed by atoms with E-state index in [0.717, 1.165) is 26.1 Å². The van der Waals surface area contributed by atoms with Crippen molar-refractivity contribution in [1.29, 1.82) is 0 Å². The number of carbonyl (C=O) groups is 1. The predicted molar refractivity (Wildman–Crippen MR) is 87.8 cm³/mol. The molecule has 0 radical (unpaired) electrons. The van der Waals surface area contributed by atoms with E-state index in [9.17, 15) is 4.79 Å². The number of hydrogen-bond donors (Lipinski definition) is 2. The molecule has 0 aliphatic carbocycles. The molecule has 1 saturated heterocycles. The van der Waals surface area contributed by atoms with E-state index in [1.165, 1.54) is 0 Å². The third-order valence-electron chi connectivity index (χ3n) is 3.45. The van der Waals surface area contributed by atoms with E-state index in [0.29, 0.717) is 28.9 Å². The Bertz CT molecular complexity index is 502. The fourth-order valence-corrected chi connectivity index (χ4v) is 2.51. The highest BCUT2D eigenvalue weighted by Crippen LogP contribution is 2.27. The van der Waals surface area contributed by atoms with Crippen molar-refractivity contribution < 1.29 is 14.3 Å². The first-order valence-corrected chi connectivity index (χ1v) is 8.01. The molecule has 1 aromatic rings. The molecule has 1 aliphatic heterocycles. The van der Waals surface area contributed by atoms with Crippen LogP contribution in [-0.4, -0.2) is 31.9 Å². The van der Waals surface area contributed by atoms with Crippen molar-refractivity contribution in [3.05, 3.63) is 23.2 Å². The van der Waals surface area contributed by atoms with Crippen molar-refractivity contribution in [3.8, 4) is 5.75 Å². The van der Waals surface area contributed by atoms with E-state index in [2.05, 4.69) is 10.6 Å². The first-order valence-electron chi connectivity index (χ1n) is 7.63. The standard InChI is InChI=1S/C16H23ClN2O3/c1-11(2)22-13-3-4-15(14(17)9-13)19-16(20)18-10-12-5-7-21-8-6-12/h3-4,9,11-12H,5-8,10H2,1-2H3,(H2,18,19,20). The minimum Gasteiger partial charge on any atom is -0.491 e. The minimum absolute atomic E-state index is 0.0812. The summed E-state index contributed by atoms with van der Waals surface area (Å²) in [4.78, 5) is 11.9. The molecule has 2 N–H and O–H groups in total. The molecular weight excluding hydrogens is 304 g/mol. The second-order valence-corrected chi connectivity index (χ2v) is 6.11. The number of amides is 2. The lowest BCUT2D eigenvalue weighted by Gasteiger charge is -2.22. The van der Waals surface area contributed by atoms with Crippen LogP contribution in [0, 0.1) is 5.92 Å². The maximum atomic E-state index is 11.9. The zero-order chi connectivity index (χ0) is 15.9. The fourth-order valence-electron chi connectivity index (χ4n) is 2.30. The summed E-state index contributed by atoms with van der Waals surface area (Å²) in [5.74, 6) is 1.17. The number of halogens is 1. The Morgan fingerprint density at radius 1 is 1.41 bits per heavy atom. The van der Waals surface area contributed by atoms with Gasteiger partial charge < -0.3 is 20.1 Å². The topological polar surface area (TPSA) is 59.6 Å². The number of benzene rings is 1. The molecule has 0 bridgehead atoms. The average molecular weight is 327 g/mol. The van der Waals surface area contributed by atoms with Gasteiger partial charge in [-0.2, -0.15) is 0 Å². The van der Waals surface area contributed by atoms with Crippen molar-refractivity contribution in [1.82, 2.24) is 5.32 Å². The van der Waals surface area contributed by atoms with Crippen LogP contribution in [0.2, 0.25) is 5.02 Å². The van der Waals surface area contributed by atoms with Gasteiger partial charge in [-0.1, -0.05) is 11.6 Å². The van der Waals surface area contributed by atoms with E-state index >= 15 is 0 Å². The number of rotatable bonds is 5. The zero-order valence-electron chi connectivity index (χ0n) is 13.0. The summed E-state index contributed by atoms with van der Waals surface area (Å²) in [6.07, 6.45) is 2.06. The Morgan fingerprint density at radius 2 is 2.14 bits per heavy atom. The lowest BCUT2D eigenvalue weighted by Crippen LogP contribution is -2.35. The van der Waals surface area contributed by atoms with Gasteiger partial charge in [0.05, 0.1) is 16.8 Å². The highest BCUT2D eigenvalue weighted by molar-refractivity contribution is 6.33. The molecule has 1 fully saturated rings. The van der Waals surface area contributed by atoms with E-state index < -0.39 is 0 Å². The van der Waals surface area contributed by atoms with Gasteiger partial charge in [-0.25, -0.2) is 4.79 Å². The maximum Gasteiger partial charge on any atom is 0.319 e. The maximum absolute atomic E-state index is 11.9. The van der Waals surface area contributed by atoms with Gasteiger partial charge in [-0.05, 0) is 44.7 Å². The lowest BCUT2D eigenvalue weighted by atomic mass is 10.0. The Kier molecular flexibility index (Phi) is 6.34. The number of anilines is 1. The second kappa shape index (κ2) is 8.25. The molecule has 5 nitrogen and oxygen atoms in total. The molecule has 1 heterocycles. The Balaban J connectivity index is 1.82. The normalized spacial score (nSPS) is 15.6. The molecule has 0 atom stereocenters. The molecule has 122 valence electrons. The summed E-state index contributed by atoms with van der Waals surface area (Å²) in [6, 6.07) is 5.00. The van der Waals surface area contributed by atoms with Crippen molar-refractivity contribution in [3.63, 3.8) is 0 Å². The van der Waals surface area contributed by atoms with Crippen LogP contribution in [0.4, 0.5) is 10.5 Å². The summed E-state index contributed by atoms with van der Waals surface area (Å²) in [7, 11) is 0. The highest BCUT2D eigenvalue weighted by atomic mass is 35.5. The Labute approximate surface area is 136 Å². The average Bonchev–Trinajstić information content (AvgIpc) is 2.48. The quantitative estimate of drug-likeness (QED) is 0.867. The second-order valence-electron chi connectivity index (χ2n) is 5.70. The van der Waals surface area contributed by atoms with E-state index in [1.54, 1.807) is 18.2 Å². The first kappa shape index (κ1) is 16.9. The Morgan fingerprint density at radius 3 is 2.77 bits per heavy atom. The van der Waals surface area contributed by atoms with Crippen molar-refractivity contribution >= 4 is 23.3 Å². The van der Waals surface area contributed by atoms with Crippen LogP contribution in [0.15, 0.2) is 18.2 Å². The van der Waals surface area contributed by atoms with Gasteiger partial charge in [0.25, 0.3) is 0 Å². The first-order chi connectivity index (χ1) is 10.5. The molecule has 0 spiro atoms. The van der Waals surface area contributed by atoms with Crippen LogP contribution < -0.4 is 15.4 Å². The van der Waals surface area contributed by atoms with Crippen molar-refractivity contribution in [2.24, 2.45) is 5.92 Å². The van der Waals surface area contributed by atoms with Gasteiger partial charge in [0.15, 0.2) is 0 Å². The summed E-state index contributed by atoms with van der Waals surface area (Å²) in [5.41, 5.74) is 0.572. The van der Waals surface area contributed by atoms with Crippen LogP contribution in [0.3, 0.4) is 0 Å². The van der Waals surface area contributed by atoms with Gasteiger partial charge in [-0.15, -0.1) is 0 Å². The molecule has 0 saturated carbocycles. The van der Waals surface area contributed by atoms with Crippen LogP contribution in [0.5, 0.6) is 5.75 Å². The lowest BCUT2D eigenvalue weighted by molar-refractivity contribution is 0.0671. The summed E-state index contributed by atoms with van der Waals surface area (Å²) < 4.78 is 10.9. The zero-order valence-corrected chi connectivity index (χ0v) is 13.8. The summed E-state index contributed by atoms with van der Waals surface area (Å²) >= 11 is 6.17. The molecule has 6 heteroatoms. The third-order valence-corrected chi connectivity index (χ3v) is 3.77. The van der Waals surface area contributed by atoms with Gasteiger partial charge in [0, 0.05) is 25.8 Å². The van der Waals surface area contributed by atoms with Gasteiger partial charge in [0.1, 0.15) is 5.75 Å². The van der Waals surface area contributed by atoms with Crippen LogP contribution in [0.25, 0.3) is 0 Å². The summed E-state index contributed by atoms with van der Waals surface area (Å²) in [6.45, 7) is 6.10. The number of ether oxygens (including phenoxy) is 2. The molecule has 0 unspecified atom stereocenters. The highest BCUT2D eigenvalue weighted by Gasteiger charge is 2.15. The molecule has 1 aliphatic rings. The molecular formula is C16H23ClN2O3. The summed E-state index contributed by atoms with van der Waals surface area (Å²) in [5, 5.41) is 6.10. The van der Waals surface area contributed by atoms with Crippen LogP contribution in [-0.2, 0) is 4.74 Å². The van der Waals surface area contributed by atoms with Gasteiger partial charge in [0.2, 0.25) is 0 Å². The molecule has 1 aromatic carbocycles. The van der Waals surface area contributed by atoms with E-state index in [-0.39, 0.29) is 12.1 Å². The number of nitrogens with one attached hydrogen (secondary N) is 2. The van der Waals surface area contributed by atoms with Crippen LogP contribution in [0.1, 0.15) is 26.7 Å². The molecule has 0 aromatic heterocycles. The van der Waals surface area contributed by atoms with Crippen molar-refractivity contribution in [2.45, 2.75) is 32.8 Å². The smallest absolute Gasteiger partial charge is 0.319 e. The van der Waals surface area contributed by atoms with Gasteiger partial charge in [-0.3, -0.25) is 0 Å². The van der Waals surface area contributed by atoms with Crippen LogP contribution >= 0.6 is 11.6 Å². The predicted octanol–water partition coefficient (Wildman–Crippen LogP) is 3.68.